The molecule has 1 amide bonds. The van der Waals surface area contributed by atoms with Crippen LogP contribution in [0.25, 0.3) is 0 Å². The van der Waals surface area contributed by atoms with Crippen molar-refractivity contribution in [2.24, 2.45) is 5.92 Å². The summed E-state index contributed by atoms with van der Waals surface area (Å²) < 4.78 is 13.4. The van der Waals surface area contributed by atoms with Gasteiger partial charge in [0, 0.05) is 18.2 Å². The van der Waals surface area contributed by atoms with E-state index in [0.29, 0.717) is 12.5 Å². The van der Waals surface area contributed by atoms with Crippen molar-refractivity contribution < 1.29 is 14.1 Å². The summed E-state index contributed by atoms with van der Waals surface area (Å²) in [5.74, 6) is -1.01. The molecule has 1 unspecified atom stereocenters. The van der Waals surface area contributed by atoms with Gasteiger partial charge in [0.25, 0.3) is 5.91 Å². The molecule has 0 saturated heterocycles. The number of nitro groups is 1. The molecule has 2 rings (SSSR count). The van der Waals surface area contributed by atoms with E-state index in [-0.39, 0.29) is 5.56 Å². The van der Waals surface area contributed by atoms with E-state index in [4.69, 9.17) is 0 Å². The lowest BCUT2D eigenvalue weighted by Crippen LogP contribution is -2.29. The van der Waals surface area contributed by atoms with Crippen LogP contribution >= 0.6 is 0 Å². The predicted molar refractivity (Wildman–Crippen MR) is 71.9 cm³/mol. The number of hydrogen-bond acceptors (Lipinski definition) is 3. The molecular weight excluding hydrogens is 263 g/mol. The molecule has 106 valence electrons. The normalized spacial score (nSPS) is 17.8. The van der Waals surface area contributed by atoms with Crippen LogP contribution in [0.1, 0.15) is 29.6 Å². The average Bonchev–Trinajstić information content (AvgIpc) is 2.45. The molecule has 1 aliphatic rings. The molecular formula is C14H15FN2O3. The van der Waals surface area contributed by atoms with E-state index in [2.05, 4.69) is 17.5 Å². The second-order valence-corrected chi connectivity index (χ2v) is 4.78. The van der Waals surface area contributed by atoms with Crippen LogP contribution in [0.4, 0.5) is 10.1 Å². The first kappa shape index (κ1) is 14.2. The summed E-state index contributed by atoms with van der Waals surface area (Å²) in [6.07, 6.45) is 7.16. The van der Waals surface area contributed by atoms with Crippen molar-refractivity contribution in [3.05, 3.63) is 51.8 Å². The van der Waals surface area contributed by atoms with Gasteiger partial charge in [0.15, 0.2) is 0 Å². The van der Waals surface area contributed by atoms with Gasteiger partial charge in [0.05, 0.1) is 4.92 Å². The summed E-state index contributed by atoms with van der Waals surface area (Å²) in [6, 6.07) is 3.17. The molecule has 0 bridgehead atoms. The van der Waals surface area contributed by atoms with Crippen LogP contribution in [0.15, 0.2) is 30.4 Å². The fourth-order valence-corrected chi connectivity index (χ4v) is 2.18. The molecule has 0 saturated carbocycles. The minimum atomic E-state index is -0.997. The number of carbonyl (C=O) groups is 1. The van der Waals surface area contributed by atoms with Crippen molar-refractivity contribution in [2.75, 3.05) is 6.54 Å². The Hall–Kier alpha value is -2.24. The highest BCUT2D eigenvalue weighted by molar-refractivity contribution is 5.94. The van der Waals surface area contributed by atoms with Crippen molar-refractivity contribution in [3.63, 3.8) is 0 Å². The Balaban J connectivity index is 1.97. The molecule has 6 heteroatoms. The molecule has 0 fully saturated rings. The maximum absolute atomic E-state index is 13.4. The highest BCUT2D eigenvalue weighted by atomic mass is 19.1. The van der Waals surface area contributed by atoms with Crippen molar-refractivity contribution in [1.29, 1.82) is 0 Å². The Morgan fingerprint density at radius 3 is 2.85 bits per heavy atom. The molecule has 1 aliphatic carbocycles. The summed E-state index contributed by atoms with van der Waals surface area (Å²) >= 11 is 0. The minimum Gasteiger partial charge on any atom is -0.352 e. The van der Waals surface area contributed by atoms with Gasteiger partial charge >= 0.3 is 5.69 Å². The summed E-state index contributed by atoms with van der Waals surface area (Å²) in [5, 5.41) is 13.2. The van der Waals surface area contributed by atoms with Gasteiger partial charge < -0.3 is 5.32 Å². The first-order chi connectivity index (χ1) is 9.58. The first-order valence-corrected chi connectivity index (χ1v) is 6.45. The van der Waals surface area contributed by atoms with Gasteiger partial charge in [-0.05, 0) is 37.3 Å². The predicted octanol–water partition coefficient (Wildman–Crippen LogP) is 2.82. The van der Waals surface area contributed by atoms with E-state index in [0.717, 1.165) is 31.4 Å². The first-order valence-electron chi connectivity index (χ1n) is 6.45. The Kier molecular flexibility index (Phi) is 4.45. The van der Waals surface area contributed by atoms with Crippen LogP contribution in [0, 0.1) is 21.8 Å². The van der Waals surface area contributed by atoms with Gasteiger partial charge in [0.1, 0.15) is 0 Å². The lowest BCUT2D eigenvalue weighted by Gasteiger charge is -2.18. The second kappa shape index (κ2) is 6.27. The number of rotatable bonds is 4. The number of allylic oxidation sites excluding steroid dienone is 2. The van der Waals surface area contributed by atoms with Gasteiger partial charge in [-0.25, -0.2) is 0 Å². The molecule has 1 aromatic carbocycles. The quantitative estimate of drug-likeness (QED) is 0.523. The number of nitrogens with one attached hydrogen (secondary N) is 1. The number of hydrogen-bond donors (Lipinski definition) is 1. The van der Waals surface area contributed by atoms with Crippen molar-refractivity contribution >= 4 is 11.6 Å². The van der Waals surface area contributed by atoms with Crippen LogP contribution in [0.5, 0.6) is 0 Å². The molecule has 0 heterocycles. The van der Waals surface area contributed by atoms with E-state index in [1.54, 1.807) is 0 Å². The summed E-state index contributed by atoms with van der Waals surface area (Å²) in [6.45, 7) is 0.530. The zero-order valence-corrected chi connectivity index (χ0v) is 10.8. The van der Waals surface area contributed by atoms with Crippen LogP contribution < -0.4 is 5.32 Å². The number of halogens is 1. The molecule has 1 N–H and O–H groups in total. The van der Waals surface area contributed by atoms with E-state index in [1.165, 1.54) is 6.07 Å². The highest BCUT2D eigenvalue weighted by Crippen LogP contribution is 2.19. The number of nitro benzene ring substituents is 1. The third kappa shape index (κ3) is 3.40. The third-order valence-corrected chi connectivity index (χ3v) is 3.34. The zero-order chi connectivity index (χ0) is 14.5. The maximum Gasteiger partial charge on any atom is 0.304 e. The number of carbonyl (C=O) groups excluding carboxylic acids is 1. The Morgan fingerprint density at radius 1 is 1.45 bits per heavy atom. The number of nitrogens with zero attached hydrogens (tertiary/aromatic N) is 1. The smallest absolute Gasteiger partial charge is 0.304 e. The molecule has 0 aromatic heterocycles. The van der Waals surface area contributed by atoms with Crippen molar-refractivity contribution in [1.82, 2.24) is 5.32 Å². The third-order valence-electron chi connectivity index (χ3n) is 3.34. The van der Waals surface area contributed by atoms with Gasteiger partial charge in [-0.2, -0.15) is 4.39 Å². The minimum absolute atomic E-state index is 0.0967. The molecule has 0 aliphatic heterocycles. The number of amides is 1. The maximum atomic E-state index is 13.4. The largest absolute Gasteiger partial charge is 0.352 e. The van der Waals surface area contributed by atoms with Crippen LogP contribution in [-0.2, 0) is 0 Å². The monoisotopic (exact) mass is 278 g/mol. The second-order valence-electron chi connectivity index (χ2n) is 4.78. The Bertz CT molecular complexity index is 557. The topological polar surface area (TPSA) is 72.2 Å². The van der Waals surface area contributed by atoms with Gasteiger partial charge in [-0.15, -0.1) is 0 Å². The molecule has 1 atom stereocenters. The molecule has 20 heavy (non-hydrogen) atoms. The van der Waals surface area contributed by atoms with Crippen LogP contribution in [0.2, 0.25) is 0 Å². The van der Waals surface area contributed by atoms with E-state index in [1.807, 2.05) is 0 Å². The van der Waals surface area contributed by atoms with E-state index >= 15 is 0 Å². The Labute approximate surface area is 115 Å². The van der Waals surface area contributed by atoms with Crippen LogP contribution in [0.3, 0.4) is 0 Å². The lowest BCUT2D eigenvalue weighted by molar-refractivity contribution is -0.387. The molecule has 1 aromatic rings. The van der Waals surface area contributed by atoms with E-state index < -0.39 is 22.3 Å². The van der Waals surface area contributed by atoms with E-state index in [9.17, 15) is 19.3 Å². The van der Waals surface area contributed by atoms with Crippen molar-refractivity contribution in [2.45, 2.75) is 19.3 Å². The SMILES string of the molecule is O=C(NCC1CC=CCC1)c1ccc([N+](=O)[O-])c(F)c1. The lowest BCUT2D eigenvalue weighted by atomic mass is 9.94. The number of benzene rings is 1. The van der Waals surface area contributed by atoms with Gasteiger partial charge in [-0.1, -0.05) is 12.2 Å². The van der Waals surface area contributed by atoms with Crippen LogP contribution in [-0.4, -0.2) is 17.4 Å². The Morgan fingerprint density at radius 2 is 2.25 bits per heavy atom. The summed E-state index contributed by atoms with van der Waals surface area (Å²) in [5.41, 5.74) is -0.529. The van der Waals surface area contributed by atoms with Crippen molar-refractivity contribution in [3.8, 4) is 0 Å². The average molecular weight is 278 g/mol. The standard InChI is InChI=1S/C14H15FN2O3/c15-12-8-11(6-7-13(12)17(19)20)14(18)16-9-10-4-2-1-3-5-10/h1-2,6-8,10H,3-5,9H2,(H,16,18). The fourth-order valence-electron chi connectivity index (χ4n) is 2.18. The molecule has 0 spiro atoms. The summed E-state index contributed by atoms with van der Waals surface area (Å²) in [4.78, 5) is 21.5. The summed E-state index contributed by atoms with van der Waals surface area (Å²) in [7, 11) is 0. The fraction of sp³-hybridized carbons (Fsp3) is 0.357. The van der Waals surface area contributed by atoms with Gasteiger partial charge in [-0.3, -0.25) is 14.9 Å². The molecule has 0 radical (unpaired) electrons. The van der Waals surface area contributed by atoms with Gasteiger partial charge in [0.2, 0.25) is 5.82 Å². The zero-order valence-electron chi connectivity index (χ0n) is 10.8. The highest BCUT2D eigenvalue weighted by Gasteiger charge is 2.17. The molecule has 5 nitrogen and oxygen atoms in total.